The van der Waals surface area contributed by atoms with Gasteiger partial charge in [0.1, 0.15) is 24.2 Å². The Balaban J connectivity index is 0.996. The molecule has 5 N–H and O–H groups in total. The predicted molar refractivity (Wildman–Crippen MR) is 184 cm³/mol. The maximum absolute atomic E-state index is 13.7. The van der Waals surface area contributed by atoms with Crippen molar-refractivity contribution in [3.8, 4) is 22.6 Å². The molecule has 3 fully saturated rings. The van der Waals surface area contributed by atoms with Crippen LogP contribution in [0.1, 0.15) is 37.7 Å². The number of sulfonamides is 1. The van der Waals surface area contributed by atoms with Gasteiger partial charge in [0.05, 0.1) is 40.5 Å². The molecule has 1 spiro atoms. The third kappa shape index (κ3) is 7.38. The molecule has 6 rings (SSSR count). The minimum absolute atomic E-state index is 0.0192. The van der Waals surface area contributed by atoms with E-state index in [1.807, 2.05) is 24.3 Å². The smallest absolute Gasteiger partial charge is 0.243 e. The van der Waals surface area contributed by atoms with Crippen LogP contribution in [0.3, 0.4) is 0 Å². The molecule has 2 heterocycles. The molecule has 14 heteroatoms. The van der Waals surface area contributed by atoms with Gasteiger partial charge in [-0.1, -0.05) is 30.3 Å². The molecule has 3 aliphatic rings. The Labute approximate surface area is 288 Å². The SMILES string of the molecule is COc1ccc(S(=O)(=O)N2CCC3(CC2)C[C@H](NC[C@H](O)COc2cccc(S(=O)(=O)C4(CO)CC4)c2)CO3)cc1-c1ccc(CN)cc1. The van der Waals surface area contributed by atoms with Crippen LogP contribution < -0.4 is 20.5 Å². The minimum atomic E-state index is -3.76. The average molecular weight is 716 g/mol. The standard InChI is InChI=1S/C35H45N3O9S2/c1-45-33-10-9-31(18-32(33)26-7-5-25(20-36)6-8-26)49(43,44)38-15-13-34(14-16-38)19-27(22-47-34)37-21-28(40)23-46-29-3-2-4-30(17-29)48(41,42)35(24-39)11-12-35/h2-10,17-18,27-28,37,39-40H,11-16,19-24,36H2,1H3/t27-,28-/m0/s1. The monoisotopic (exact) mass is 715 g/mol. The van der Waals surface area contributed by atoms with E-state index in [1.165, 1.54) is 16.4 Å². The lowest BCUT2D eigenvalue weighted by Crippen LogP contribution is -2.47. The minimum Gasteiger partial charge on any atom is -0.496 e. The Bertz CT molecular complexity index is 1840. The van der Waals surface area contributed by atoms with E-state index < -0.39 is 42.9 Å². The van der Waals surface area contributed by atoms with Crippen LogP contribution in [0, 0.1) is 0 Å². The first-order valence-corrected chi connectivity index (χ1v) is 19.5. The molecule has 3 aromatic rings. The molecule has 0 unspecified atom stereocenters. The van der Waals surface area contributed by atoms with Crippen molar-refractivity contribution in [2.75, 3.05) is 46.6 Å². The number of ether oxygens (including phenoxy) is 3. The second kappa shape index (κ2) is 14.3. The summed E-state index contributed by atoms with van der Waals surface area (Å²) in [5.74, 6) is 0.905. The van der Waals surface area contributed by atoms with Crippen LogP contribution in [0.5, 0.6) is 11.5 Å². The normalized spacial score (nSPS) is 21.0. The van der Waals surface area contributed by atoms with Crippen molar-refractivity contribution < 1.29 is 41.3 Å². The Kier molecular flexibility index (Phi) is 10.4. The molecule has 12 nitrogen and oxygen atoms in total. The second-order valence-electron chi connectivity index (χ2n) is 13.3. The number of rotatable bonds is 14. The van der Waals surface area contributed by atoms with Crippen molar-refractivity contribution in [2.45, 2.75) is 70.9 Å². The van der Waals surface area contributed by atoms with Gasteiger partial charge in [-0.3, -0.25) is 0 Å². The molecule has 2 atom stereocenters. The lowest BCUT2D eigenvalue weighted by atomic mass is 9.88. The fourth-order valence-electron chi connectivity index (χ4n) is 6.69. The van der Waals surface area contributed by atoms with E-state index in [1.54, 1.807) is 37.4 Å². The van der Waals surface area contributed by atoms with Crippen molar-refractivity contribution in [3.63, 3.8) is 0 Å². The molecule has 49 heavy (non-hydrogen) atoms. The van der Waals surface area contributed by atoms with Crippen LogP contribution in [-0.4, -0.2) is 100 Å². The first-order valence-electron chi connectivity index (χ1n) is 16.6. The van der Waals surface area contributed by atoms with Gasteiger partial charge in [-0.15, -0.1) is 0 Å². The van der Waals surface area contributed by atoms with Crippen molar-refractivity contribution in [3.05, 3.63) is 72.3 Å². The van der Waals surface area contributed by atoms with Gasteiger partial charge in [0, 0.05) is 37.8 Å². The number of aliphatic hydroxyl groups excluding tert-OH is 2. The van der Waals surface area contributed by atoms with E-state index >= 15 is 0 Å². The molecule has 0 aromatic heterocycles. The van der Waals surface area contributed by atoms with E-state index in [-0.39, 0.29) is 29.0 Å². The summed E-state index contributed by atoms with van der Waals surface area (Å²) in [6.45, 7) is 1.30. The van der Waals surface area contributed by atoms with Crippen LogP contribution in [0.2, 0.25) is 0 Å². The maximum Gasteiger partial charge on any atom is 0.243 e. The molecular formula is C35H45N3O9S2. The van der Waals surface area contributed by atoms with E-state index in [4.69, 9.17) is 19.9 Å². The molecule has 0 amide bonds. The molecule has 0 bridgehead atoms. The highest BCUT2D eigenvalue weighted by Gasteiger charge is 2.54. The summed E-state index contributed by atoms with van der Waals surface area (Å²) in [5, 5.41) is 23.5. The van der Waals surface area contributed by atoms with Gasteiger partial charge >= 0.3 is 0 Å². The largest absolute Gasteiger partial charge is 0.496 e. The summed E-state index contributed by atoms with van der Waals surface area (Å²) in [4.78, 5) is 0.301. The number of piperidine rings is 1. The van der Waals surface area contributed by atoms with Crippen LogP contribution in [0.25, 0.3) is 11.1 Å². The molecule has 3 aromatic carbocycles. The van der Waals surface area contributed by atoms with E-state index in [0.29, 0.717) is 75.4 Å². The Morgan fingerprint density at radius 2 is 1.73 bits per heavy atom. The molecule has 0 radical (unpaired) electrons. The average Bonchev–Trinajstić information content (AvgIpc) is 3.85. The summed E-state index contributed by atoms with van der Waals surface area (Å²) >= 11 is 0. The number of hydrogen-bond acceptors (Lipinski definition) is 11. The molecule has 1 aliphatic carbocycles. The van der Waals surface area contributed by atoms with Crippen molar-refractivity contribution >= 4 is 19.9 Å². The Morgan fingerprint density at radius 1 is 1.00 bits per heavy atom. The van der Waals surface area contributed by atoms with Crippen molar-refractivity contribution in [2.24, 2.45) is 5.73 Å². The fraction of sp³-hybridized carbons (Fsp3) is 0.486. The van der Waals surface area contributed by atoms with Crippen molar-refractivity contribution in [1.82, 2.24) is 9.62 Å². The van der Waals surface area contributed by atoms with Gasteiger partial charge in [-0.2, -0.15) is 4.31 Å². The number of benzene rings is 3. The zero-order valence-electron chi connectivity index (χ0n) is 27.6. The zero-order chi connectivity index (χ0) is 34.9. The molecule has 266 valence electrons. The van der Waals surface area contributed by atoms with Crippen LogP contribution >= 0.6 is 0 Å². The molecule has 2 aliphatic heterocycles. The number of nitrogens with zero attached hydrogens (tertiary/aromatic N) is 1. The predicted octanol–water partition coefficient (Wildman–Crippen LogP) is 2.46. The number of nitrogens with two attached hydrogens (primary N) is 1. The van der Waals surface area contributed by atoms with Gasteiger partial charge in [-0.05, 0) is 79.6 Å². The summed E-state index contributed by atoms with van der Waals surface area (Å²) in [6.07, 6.45) is 1.80. The first kappa shape index (κ1) is 35.7. The number of methoxy groups -OCH3 is 1. The number of sulfone groups is 1. The quantitative estimate of drug-likeness (QED) is 0.193. The third-order valence-corrected chi connectivity index (χ3v) is 14.5. The van der Waals surface area contributed by atoms with Crippen LogP contribution in [0.4, 0.5) is 0 Å². The molecule has 1 saturated carbocycles. The maximum atomic E-state index is 13.7. The summed E-state index contributed by atoms with van der Waals surface area (Å²) in [6, 6.07) is 18.7. The molecule has 2 saturated heterocycles. The summed E-state index contributed by atoms with van der Waals surface area (Å²) in [5.41, 5.74) is 7.79. The van der Waals surface area contributed by atoms with Gasteiger partial charge < -0.3 is 35.5 Å². The topological polar surface area (TPSA) is 178 Å². The van der Waals surface area contributed by atoms with Gasteiger partial charge in [0.25, 0.3) is 0 Å². The third-order valence-electron chi connectivity index (χ3n) is 10.0. The van der Waals surface area contributed by atoms with Gasteiger partial charge in [0.2, 0.25) is 10.0 Å². The summed E-state index contributed by atoms with van der Waals surface area (Å²) in [7, 11) is -5.88. The zero-order valence-corrected chi connectivity index (χ0v) is 29.2. The van der Waals surface area contributed by atoms with E-state index in [0.717, 1.165) is 11.1 Å². The number of aliphatic hydroxyl groups is 2. The highest BCUT2D eigenvalue weighted by molar-refractivity contribution is 7.93. The van der Waals surface area contributed by atoms with Crippen LogP contribution in [0.15, 0.2) is 76.5 Å². The summed E-state index contributed by atoms with van der Waals surface area (Å²) < 4.78 is 71.2. The lowest BCUT2D eigenvalue weighted by Gasteiger charge is -2.38. The van der Waals surface area contributed by atoms with E-state index in [2.05, 4.69) is 5.32 Å². The Morgan fingerprint density at radius 3 is 2.39 bits per heavy atom. The number of nitrogens with one attached hydrogen (secondary N) is 1. The fourth-order valence-corrected chi connectivity index (χ4v) is 9.99. The highest BCUT2D eigenvalue weighted by atomic mass is 32.2. The Hall–Kier alpha value is -3.08. The number of hydrogen-bond donors (Lipinski definition) is 4. The highest BCUT2D eigenvalue weighted by Crippen LogP contribution is 2.46. The van der Waals surface area contributed by atoms with Gasteiger partial charge in [-0.25, -0.2) is 16.8 Å². The van der Waals surface area contributed by atoms with Crippen molar-refractivity contribution in [1.29, 1.82) is 0 Å². The second-order valence-corrected chi connectivity index (χ2v) is 17.5. The van der Waals surface area contributed by atoms with Gasteiger partial charge in [0.15, 0.2) is 9.84 Å². The van der Waals surface area contributed by atoms with Crippen LogP contribution in [-0.2, 0) is 31.1 Å². The van der Waals surface area contributed by atoms with E-state index in [9.17, 15) is 27.0 Å². The molecular weight excluding hydrogens is 671 g/mol. The lowest BCUT2D eigenvalue weighted by molar-refractivity contribution is -0.0312. The first-order chi connectivity index (χ1) is 23.4.